The van der Waals surface area contributed by atoms with E-state index in [0.717, 1.165) is 12.0 Å². The van der Waals surface area contributed by atoms with Crippen LogP contribution in [0.1, 0.15) is 17.5 Å². The van der Waals surface area contributed by atoms with E-state index in [1.165, 1.54) is 11.6 Å². The minimum absolute atomic E-state index is 0.0841. The molecule has 0 unspecified atom stereocenters. The fraction of sp³-hybridized carbons (Fsp3) is 0.211. The van der Waals surface area contributed by atoms with Crippen molar-refractivity contribution in [2.75, 3.05) is 19.7 Å². The first kappa shape index (κ1) is 18.3. The van der Waals surface area contributed by atoms with Crippen molar-refractivity contribution in [1.29, 1.82) is 0 Å². The molecular weight excluding hydrogens is 380 g/mol. The van der Waals surface area contributed by atoms with Crippen molar-refractivity contribution < 1.29 is 18.0 Å². The van der Waals surface area contributed by atoms with E-state index in [1.54, 1.807) is 29.3 Å². The average Bonchev–Trinajstić information content (AvgIpc) is 2.99. The van der Waals surface area contributed by atoms with Crippen LogP contribution >= 0.6 is 0 Å². The molecule has 8 nitrogen and oxygen atoms in total. The molecule has 144 valence electrons. The standard InChI is InChI=1S/C19H18N4O4S/c24-18(23-10-7-14(8-11-23)15-4-3-9-20-12-15)13-27-21-19-16-5-1-2-6-17(16)28(25,26)22-19/h1-7,9,12H,8,10-11,13H2,(H,21,22). The summed E-state index contributed by atoms with van der Waals surface area (Å²) >= 11 is 0. The number of carbonyl (C=O) groups excluding carboxylic acids is 1. The number of sulfonamides is 1. The van der Waals surface area contributed by atoms with Crippen LogP contribution in [0.4, 0.5) is 0 Å². The number of nitrogens with zero attached hydrogens (tertiary/aromatic N) is 3. The number of hydrogen-bond acceptors (Lipinski definition) is 6. The van der Waals surface area contributed by atoms with E-state index >= 15 is 0 Å². The normalized spacial score (nSPS) is 17.5. The smallest absolute Gasteiger partial charge is 0.285 e. The van der Waals surface area contributed by atoms with Gasteiger partial charge in [0.25, 0.3) is 15.9 Å². The second kappa shape index (κ2) is 7.53. The quantitative estimate of drug-likeness (QED) is 0.781. The molecule has 0 bridgehead atoms. The van der Waals surface area contributed by atoms with Crippen molar-refractivity contribution in [3.05, 3.63) is 66.0 Å². The van der Waals surface area contributed by atoms with Crippen LogP contribution in [0.2, 0.25) is 0 Å². The Balaban J connectivity index is 1.32. The lowest BCUT2D eigenvalue weighted by Gasteiger charge is -2.26. The van der Waals surface area contributed by atoms with Crippen molar-refractivity contribution in [2.45, 2.75) is 11.3 Å². The van der Waals surface area contributed by atoms with Crippen LogP contribution in [0.3, 0.4) is 0 Å². The highest BCUT2D eigenvalue weighted by Crippen LogP contribution is 2.25. The molecule has 0 spiro atoms. The fourth-order valence-electron chi connectivity index (χ4n) is 3.15. The van der Waals surface area contributed by atoms with Crippen LogP contribution in [0.25, 0.3) is 5.57 Å². The number of nitrogens with one attached hydrogen (secondary N) is 1. The largest absolute Gasteiger partial charge is 0.337 e. The topological polar surface area (TPSA) is 101 Å². The Kier molecular flexibility index (Phi) is 4.93. The minimum atomic E-state index is -3.72. The number of benzene rings is 1. The number of amidine groups is 1. The summed E-state index contributed by atoms with van der Waals surface area (Å²) < 4.78 is 27.6. The van der Waals surface area contributed by atoms with Crippen LogP contribution in [0.5, 0.6) is 0 Å². The van der Waals surface area contributed by atoms with Gasteiger partial charge in [-0.3, -0.25) is 14.6 Å². The summed E-state index contributed by atoms with van der Waals surface area (Å²) in [5, 5.41) is 0. The van der Waals surface area contributed by atoms with Gasteiger partial charge in [0.1, 0.15) is 4.90 Å². The first-order valence-electron chi connectivity index (χ1n) is 8.74. The van der Waals surface area contributed by atoms with Gasteiger partial charge in [0.15, 0.2) is 12.4 Å². The summed E-state index contributed by atoms with van der Waals surface area (Å²) in [6.07, 6.45) is 6.29. The second-order valence-electron chi connectivity index (χ2n) is 6.36. The Morgan fingerprint density at radius 1 is 1.21 bits per heavy atom. The molecule has 0 radical (unpaired) electrons. The van der Waals surface area contributed by atoms with Gasteiger partial charge in [-0.15, -0.1) is 4.40 Å². The summed E-state index contributed by atoms with van der Waals surface area (Å²) in [5.74, 6) is -0.107. The number of hydroxylamine groups is 1. The molecule has 2 aliphatic rings. The Hall–Kier alpha value is -3.04. The molecule has 0 aliphatic carbocycles. The number of fused-ring (bicyclic) bond motifs is 1. The average molecular weight is 398 g/mol. The maximum absolute atomic E-state index is 12.3. The van der Waals surface area contributed by atoms with Crippen LogP contribution < -0.4 is 5.48 Å². The highest BCUT2D eigenvalue weighted by Gasteiger charge is 2.28. The van der Waals surface area contributed by atoms with E-state index in [4.69, 9.17) is 4.84 Å². The van der Waals surface area contributed by atoms with Crippen molar-refractivity contribution in [3.63, 3.8) is 0 Å². The van der Waals surface area contributed by atoms with Gasteiger partial charge in [-0.05, 0) is 35.8 Å². The summed E-state index contributed by atoms with van der Waals surface area (Å²) in [5.41, 5.74) is 5.15. The van der Waals surface area contributed by atoms with Gasteiger partial charge in [-0.2, -0.15) is 8.42 Å². The van der Waals surface area contributed by atoms with Gasteiger partial charge < -0.3 is 4.90 Å². The van der Waals surface area contributed by atoms with Gasteiger partial charge in [0.05, 0.1) is 0 Å². The Morgan fingerprint density at radius 3 is 2.82 bits per heavy atom. The zero-order chi connectivity index (χ0) is 19.6. The lowest BCUT2D eigenvalue weighted by Crippen LogP contribution is -2.39. The molecule has 3 heterocycles. The number of rotatable bonds is 4. The Bertz CT molecular complexity index is 1060. The Morgan fingerprint density at radius 2 is 2.07 bits per heavy atom. The molecule has 0 fully saturated rings. The number of amides is 1. The molecule has 1 N–H and O–H groups in total. The summed E-state index contributed by atoms with van der Waals surface area (Å²) in [7, 11) is -3.72. The molecule has 1 aromatic carbocycles. The van der Waals surface area contributed by atoms with Crippen molar-refractivity contribution in [1.82, 2.24) is 15.4 Å². The van der Waals surface area contributed by atoms with Gasteiger partial charge in [0, 0.05) is 31.0 Å². The molecule has 0 atom stereocenters. The van der Waals surface area contributed by atoms with Crippen molar-refractivity contribution in [2.24, 2.45) is 4.40 Å². The molecule has 2 aromatic rings. The van der Waals surface area contributed by atoms with Crippen molar-refractivity contribution in [3.8, 4) is 0 Å². The number of pyridine rings is 1. The van der Waals surface area contributed by atoms with E-state index in [2.05, 4.69) is 14.9 Å². The van der Waals surface area contributed by atoms with Gasteiger partial charge in [-0.1, -0.05) is 24.3 Å². The van der Waals surface area contributed by atoms with E-state index in [9.17, 15) is 13.2 Å². The second-order valence-corrected chi connectivity index (χ2v) is 7.94. The predicted octanol–water partition coefficient (Wildman–Crippen LogP) is 1.37. The SMILES string of the molecule is O=C(CONC1=NS(=O)(=O)c2ccccc21)N1CC=C(c2cccnc2)CC1. The minimum Gasteiger partial charge on any atom is -0.337 e. The van der Waals surface area contributed by atoms with E-state index in [0.29, 0.717) is 18.7 Å². The fourth-order valence-corrected chi connectivity index (χ4v) is 4.31. The van der Waals surface area contributed by atoms with E-state index in [1.807, 2.05) is 24.4 Å². The number of hydrogen-bond donors (Lipinski definition) is 1. The lowest BCUT2D eigenvalue weighted by atomic mass is 10.0. The van der Waals surface area contributed by atoms with Gasteiger partial charge in [-0.25, -0.2) is 5.48 Å². The number of carbonyl (C=O) groups is 1. The molecular formula is C19H18N4O4S. The molecule has 1 amide bonds. The van der Waals surface area contributed by atoms with Crippen LogP contribution in [-0.4, -0.2) is 49.7 Å². The third-order valence-electron chi connectivity index (χ3n) is 4.59. The molecule has 1 aromatic heterocycles. The molecule has 0 saturated heterocycles. The third kappa shape index (κ3) is 3.67. The first-order chi connectivity index (χ1) is 13.5. The summed E-state index contributed by atoms with van der Waals surface area (Å²) in [6, 6.07) is 10.3. The van der Waals surface area contributed by atoms with E-state index < -0.39 is 10.0 Å². The maximum atomic E-state index is 12.3. The molecule has 28 heavy (non-hydrogen) atoms. The van der Waals surface area contributed by atoms with Crippen LogP contribution in [-0.2, 0) is 19.7 Å². The monoisotopic (exact) mass is 398 g/mol. The molecule has 2 aliphatic heterocycles. The van der Waals surface area contributed by atoms with Gasteiger partial charge >= 0.3 is 0 Å². The highest BCUT2D eigenvalue weighted by molar-refractivity contribution is 7.90. The van der Waals surface area contributed by atoms with E-state index in [-0.39, 0.29) is 23.2 Å². The van der Waals surface area contributed by atoms with Crippen molar-refractivity contribution >= 4 is 27.3 Å². The zero-order valence-electron chi connectivity index (χ0n) is 14.9. The third-order valence-corrected chi connectivity index (χ3v) is 5.92. The zero-order valence-corrected chi connectivity index (χ0v) is 15.7. The maximum Gasteiger partial charge on any atom is 0.285 e. The van der Waals surface area contributed by atoms with Gasteiger partial charge in [0.2, 0.25) is 0 Å². The van der Waals surface area contributed by atoms with Crippen LogP contribution in [0, 0.1) is 0 Å². The predicted molar refractivity (Wildman–Crippen MR) is 103 cm³/mol. The first-order valence-corrected chi connectivity index (χ1v) is 10.2. The summed E-state index contributed by atoms with van der Waals surface area (Å²) in [4.78, 5) is 23.5. The summed E-state index contributed by atoms with van der Waals surface area (Å²) in [6.45, 7) is 0.850. The molecule has 9 heteroatoms. The Labute approximate surface area is 162 Å². The molecule has 0 saturated carbocycles. The molecule has 4 rings (SSSR count). The lowest BCUT2D eigenvalue weighted by molar-refractivity contribution is -0.137. The highest BCUT2D eigenvalue weighted by atomic mass is 32.2. The number of aromatic nitrogens is 1. The van der Waals surface area contributed by atoms with Crippen LogP contribution in [0.15, 0.2) is 64.2 Å².